The van der Waals surface area contributed by atoms with Gasteiger partial charge < -0.3 is 10.3 Å². The number of hydrogen-bond donors (Lipinski definition) is 2. The molecule has 0 radical (unpaired) electrons. The highest BCUT2D eigenvalue weighted by Crippen LogP contribution is 2.20. The van der Waals surface area contributed by atoms with E-state index in [1.807, 2.05) is 13.8 Å². The molecule has 1 unspecified atom stereocenters. The fourth-order valence-electron chi connectivity index (χ4n) is 2.77. The van der Waals surface area contributed by atoms with Gasteiger partial charge in [-0.3, -0.25) is 15.0 Å². The van der Waals surface area contributed by atoms with Gasteiger partial charge in [0.25, 0.3) is 0 Å². The fourth-order valence-corrected chi connectivity index (χ4v) is 2.77. The van der Waals surface area contributed by atoms with E-state index in [1.54, 1.807) is 6.07 Å². The van der Waals surface area contributed by atoms with Gasteiger partial charge in [-0.05, 0) is 38.3 Å². The molecule has 0 saturated carbocycles. The lowest BCUT2D eigenvalue weighted by molar-refractivity contribution is -0.118. The number of nitrogens with two attached hydrogens (primary N) is 1. The average Bonchev–Trinajstić information content (AvgIpc) is 2.90. The van der Waals surface area contributed by atoms with Crippen LogP contribution in [0.3, 0.4) is 0 Å². The number of nitrogens with zero attached hydrogens (tertiary/aromatic N) is 2. The second-order valence-corrected chi connectivity index (χ2v) is 6.02. The minimum Gasteiger partial charge on any atom is -0.338 e. The van der Waals surface area contributed by atoms with Crippen molar-refractivity contribution in [3.63, 3.8) is 0 Å². The third-order valence-corrected chi connectivity index (χ3v) is 3.98. The molecule has 1 saturated heterocycles. The van der Waals surface area contributed by atoms with Gasteiger partial charge in [0.05, 0.1) is 12.2 Å². The lowest BCUT2D eigenvalue weighted by Crippen LogP contribution is -2.44. The standard InChI is InChI=1S/C15H26N4O2/c1-11(2)13-9-15(21-18-13)17-14(20)10-19-8-4-3-5-12(19)6-7-16/h9,11-12H,3-8,10,16H2,1-2H3,(H,17,20). The molecule has 1 atom stereocenters. The zero-order valence-corrected chi connectivity index (χ0v) is 13.0. The van der Waals surface area contributed by atoms with Crippen LogP contribution in [-0.2, 0) is 4.79 Å². The monoisotopic (exact) mass is 294 g/mol. The van der Waals surface area contributed by atoms with Crippen molar-refractivity contribution in [1.82, 2.24) is 10.1 Å². The molecule has 118 valence electrons. The molecule has 1 fully saturated rings. The van der Waals surface area contributed by atoms with E-state index in [9.17, 15) is 4.79 Å². The predicted molar refractivity (Wildman–Crippen MR) is 82.1 cm³/mol. The van der Waals surface area contributed by atoms with Gasteiger partial charge in [-0.25, -0.2) is 0 Å². The van der Waals surface area contributed by atoms with Crippen LogP contribution < -0.4 is 11.1 Å². The van der Waals surface area contributed by atoms with Crippen molar-refractivity contribution >= 4 is 11.8 Å². The van der Waals surface area contributed by atoms with E-state index in [0.717, 1.165) is 31.5 Å². The Morgan fingerprint density at radius 1 is 1.57 bits per heavy atom. The quantitative estimate of drug-likeness (QED) is 0.837. The number of piperidine rings is 1. The summed E-state index contributed by atoms with van der Waals surface area (Å²) in [6.07, 6.45) is 4.45. The smallest absolute Gasteiger partial charge is 0.240 e. The molecular weight excluding hydrogens is 268 g/mol. The van der Waals surface area contributed by atoms with Crippen LogP contribution in [0.4, 0.5) is 5.88 Å². The van der Waals surface area contributed by atoms with Crippen molar-refractivity contribution in [1.29, 1.82) is 0 Å². The topological polar surface area (TPSA) is 84.4 Å². The molecule has 1 aromatic heterocycles. The lowest BCUT2D eigenvalue weighted by atomic mass is 9.99. The molecule has 0 spiro atoms. The second kappa shape index (κ2) is 7.56. The lowest BCUT2D eigenvalue weighted by Gasteiger charge is -2.34. The summed E-state index contributed by atoms with van der Waals surface area (Å²) in [5.41, 5.74) is 6.51. The Morgan fingerprint density at radius 3 is 3.05 bits per heavy atom. The molecule has 0 bridgehead atoms. The van der Waals surface area contributed by atoms with E-state index in [4.69, 9.17) is 10.3 Å². The average molecular weight is 294 g/mol. The molecule has 6 nitrogen and oxygen atoms in total. The number of likely N-dealkylation sites (tertiary alicyclic amines) is 1. The Bertz CT molecular complexity index is 456. The van der Waals surface area contributed by atoms with Crippen LogP contribution in [0, 0.1) is 0 Å². The molecule has 2 rings (SSSR count). The zero-order valence-electron chi connectivity index (χ0n) is 13.0. The van der Waals surface area contributed by atoms with E-state index < -0.39 is 0 Å². The van der Waals surface area contributed by atoms with Gasteiger partial charge in [0, 0.05) is 12.1 Å². The number of aromatic nitrogens is 1. The highest BCUT2D eigenvalue weighted by atomic mass is 16.5. The van der Waals surface area contributed by atoms with Crippen molar-refractivity contribution in [3.8, 4) is 0 Å². The number of nitrogens with one attached hydrogen (secondary N) is 1. The second-order valence-electron chi connectivity index (χ2n) is 6.02. The first kappa shape index (κ1) is 16.0. The number of anilines is 1. The first-order valence-corrected chi connectivity index (χ1v) is 7.80. The third-order valence-electron chi connectivity index (χ3n) is 3.98. The molecule has 6 heteroatoms. The number of carbonyl (C=O) groups excluding carboxylic acids is 1. The number of amides is 1. The minimum atomic E-state index is -0.0506. The van der Waals surface area contributed by atoms with Crippen LogP contribution in [0.2, 0.25) is 0 Å². The van der Waals surface area contributed by atoms with Crippen molar-refractivity contribution in [3.05, 3.63) is 11.8 Å². The van der Waals surface area contributed by atoms with Crippen LogP contribution >= 0.6 is 0 Å². The molecule has 1 aliphatic rings. The molecule has 21 heavy (non-hydrogen) atoms. The van der Waals surface area contributed by atoms with Crippen LogP contribution in [-0.4, -0.2) is 41.6 Å². The van der Waals surface area contributed by atoms with Crippen LogP contribution in [0.15, 0.2) is 10.6 Å². The summed E-state index contributed by atoms with van der Waals surface area (Å²) in [4.78, 5) is 14.4. The summed E-state index contributed by atoms with van der Waals surface area (Å²) in [6.45, 7) is 6.10. The normalized spacial score (nSPS) is 19.9. The highest BCUT2D eigenvalue weighted by Gasteiger charge is 2.24. The maximum absolute atomic E-state index is 12.1. The van der Waals surface area contributed by atoms with Gasteiger partial charge in [0.15, 0.2) is 0 Å². The van der Waals surface area contributed by atoms with Gasteiger partial charge in [0.1, 0.15) is 0 Å². The summed E-state index contributed by atoms with van der Waals surface area (Å²) >= 11 is 0. The Kier molecular flexibility index (Phi) is 5.76. The summed E-state index contributed by atoms with van der Waals surface area (Å²) in [5.74, 6) is 0.664. The Balaban J connectivity index is 1.87. The molecule has 0 aromatic carbocycles. The number of hydrogen-bond acceptors (Lipinski definition) is 5. The number of carbonyl (C=O) groups is 1. The fraction of sp³-hybridized carbons (Fsp3) is 0.733. The minimum absolute atomic E-state index is 0.0506. The van der Waals surface area contributed by atoms with Crippen molar-refractivity contribution in [2.75, 3.05) is 25.0 Å². The summed E-state index contributed by atoms with van der Waals surface area (Å²) in [6, 6.07) is 2.21. The SMILES string of the molecule is CC(C)c1cc(NC(=O)CN2CCCCC2CCN)on1. The zero-order chi connectivity index (χ0) is 15.2. The first-order valence-electron chi connectivity index (χ1n) is 7.80. The van der Waals surface area contributed by atoms with Crippen molar-refractivity contribution < 1.29 is 9.32 Å². The van der Waals surface area contributed by atoms with Crippen LogP contribution in [0.25, 0.3) is 0 Å². The summed E-state index contributed by atoms with van der Waals surface area (Å²) in [5, 5.41) is 6.73. The third kappa shape index (κ3) is 4.54. The maximum Gasteiger partial charge on any atom is 0.240 e. The van der Waals surface area contributed by atoms with Crippen LogP contribution in [0.1, 0.15) is 51.1 Å². The van der Waals surface area contributed by atoms with E-state index in [1.165, 1.54) is 6.42 Å². The summed E-state index contributed by atoms with van der Waals surface area (Å²) < 4.78 is 5.14. The van der Waals surface area contributed by atoms with E-state index in [-0.39, 0.29) is 11.8 Å². The van der Waals surface area contributed by atoms with Crippen molar-refractivity contribution in [2.24, 2.45) is 5.73 Å². The van der Waals surface area contributed by atoms with Crippen LogP contribution in [0.5, 0.6) is 0 Å². The Labute approximate surface area is 126 Å². The summed E-state index contributed by atoms with van der Waals surface area (Å²) in [7, 11) is 0. The van der Waals surface area contributed by atoms with Gasteiger partial charge in [0.2, 0.25) is 11.8 Å². The molecule has 0 aliphatic carbocycles. The largest absolute Gasteiger partial charge is 0.338 e. The molecule has 1 aromatic rings. The van der Waals surface area contributed by atoms with Gasteiger partial charge in [-0.15, -0.1) is 0 Å². The van der Waals surface area contributed by atoms with E-state index >= 15 is 0 Å². The molecule has 3 N–H and O–H groups in total. The Hall–Kier alpha value is -1.40. The van der Waals surface area contributed by atoms with Gasteiger partial charge in [-0.1, -0.05) is 25.4 Å². The first-order chi connectivity index (χ1) is 10.1. The molecular formula is C15H26N4O2. The maximum atomic E-state index is 12.1. The van der Waals surface area contributed by atoms with Gasteiger partial charge >= 0.3 is 0 Å². The molecule has 1 amide bonds. The number of rotatable bonds is 6. The van der Waals surface area contributed by atoms with Gasteiger partial charge in [-0.2, -0.15) is 0 Å². The van der Waals surface area contributed by atoms with E-state index in [2.05, 4.69) is 15.4 Å². The Morgan fingerprint density at radius 2 is 2.38 bits per heavy atom. The molecule has 1 aliphatic heterocycles. The van der Waals surface area contributed by atoms with E-state index in [0.29, 0.717) is 25.0 Å². The highest BCUT2D eigenvalue weighted by molar-refractivity contribution is 5.91. The van der Waals surface area contributed by atoms with Crippen molar-refractivity contribution in [2.45, 2.75) is 51.5 Å². The predicted octanol–water partition coefficient (Wildman–Crippen LogP) is 1.94. The molecule has 2 heterocycles.